The van der Waals surface area contributed by atoms with E-state index >= 15 is 0 Å². The van der Waals surface area contributed by atoms with Gasteiger partial charge >= 0.3 is 0 Å². The van der Waals surface area contributed by atoms with Crippen LogP contribution >= 0.6 is 0 Å². The van der Waals surface area contributed by atoms with Crippen molar-refractivity contribution in [2.75, 3.05) is 7.05 Å². The van der Waals surface area contributed by atoms with Crippen molar-refractivity contribution in [3.8, 4) is 0 Å². The Labute approximate surface area is 69.6 Å². The summed E-state index contributed by atoms with van der Waals surface area (Å²) in [5, 5.41) is 3.41. The van der Waals surface area contributed by atoms with Crippen LogP contribution in [0, 0.1) is 17.8 Å². The maximum absolute atomic E-state index is 3.41. The summed E-state index contributed by atoms with van der Waals surface area (Å²) in [6.45, 7) is 2.41. The van der Waals surface area contributed by atoms with Crippen molar-refractivity contribution >= 4 is 0 Å². The first-order valence-corrected chi connectivity index (χ1v) is 4.97. The molecule has 64 valence electrons. The van der Waals surface area contributed by atoms with Crippen LogP contribution in [0.5, 0.6) is 0 Å². The van der Waals surface area contributed by atoms with E-state index in [9.17, 15) is 0 Å². The van der Waals surface area contributed by atoms with Gasteiger partial charge in [0.25, 0.3) is 0 Å². The van der Waals surface area contributed by atoms with Gasteiger partial charge in [-0.15, -0.1) is 0 Å². The first-order valence-electron chi connectivity index (χ1n) is 4.97. The molecule has 0 bridgehead atoms. The Hall–Kier alpha value is -0.0400. The molecule has 0 heterocycles. The molecule has 0 spiro atoms. The Kier molecular flexibility index (Phi) is 1.92. The topological polar surface area (TPSA) is 12.0 Å². The minimum absolute atomic E-state index is 0.845. The molecule has 1 nitrogen and oxygen atoms in total. The zero-order chi connectivity index (χ0) is 7.84. The van der Waals surface area contributed by atoms with Crippen LogP contribution in [-0.2, 0) is 0 Å². The van der Waals surface area contributed by atoms with Gasteiger partial charge in [-0.1, -0.05) is 6.92 Å². The minimum atomic E-state index is 0.845. The number of hydrogen-bond acceptors (Lipinski definition) is 1. The molecule has 2 aliphatic rings. The van der Waals surface area contributed by atoms with Crippen LogP contribution in [0.4, 0.5) is 0 Å². The summed E-state index contributed by atoms with van der Waals surface area (Å²) in [5.41, 5.74) is 0. The molecular weight excluding hydrogens is 134 g/mol. The number of nitrogens with one attached hydrogen (secondary N) is 1. The van der Waals surface area contributed by atoms with Gasteiger partial charge < -0.3 is 5.32 Å². The van der Waals surface area contributed by atoms with E-state index in [0.717, 1.165) is 23.8 Å². The second-order valence-electron chi connectivity index (χ2n) is 4.55. The lowest BCUT2D eigenvalue weighted by Crippen LogP contribution is -2.22. The quantitative estimate of drug-likeness (QED) is 0.608. The Morgan fingerprint density at radius 3 is 2.00 bits per heavy atom. The van der Waals surface area contributed by atoms with E-state index in [1.54, 1.807) is 0 Å². The zero-order valence-corrected chi connectivity index (χ0v) is 7.64. The molecule has 0 radical (unpaired) electrons. The molecule has 0 aromatic carbocycles. The fourth-order valence-corrected chi connectivity index (χ4v) is 3.15. The van der Waals surface area contributed by atoms with Gasteiger partial charge in [-0.25, -0.2) is 0 Å². The summed E-state index contributed by atoms with van der Waals surface area (Å²) in [6.07, 6.45) is 5.91. The Morgan fingerprint density at radius 2 is 1.55 bits per heavy atom. The first kappa shape index (κ1) is 7.60. The molecule has 2 rings (SSSR count). The summed E-state index contributed by atoms with van der Waals surface area (Å²) in [4.78, 5) is 0. The van der Waals surface area contributed by atoms with Crippen LogP contribution in [0.15, 0.2) is 0 Å². The van der Waals surface area contributed by atoms with E-state index in [0.29, 0.717) is 0 Å². The van der Waals surface area contributed by atoms with Gasteiger partial charge in [-0.2, -0.15) is 0 Å². The fourth-order valence-electron chi connectivity index (χ4n) is 3.15. The molecule has 0 aromatic rings. The molecule has 0 saturated heterocycles. The normalized spacial score (nSPS) is 49.6. The summed E-state index contributed by atoms with van der Waals surface area (Å²) in [5.74, 6) is 3.16. The number of hydrogen-bond donors (Lipinski definition) is 1. The predicted octanol–water partition coefficient (Wildman–Crippen LogP) is 2.03. The van der Waals surface area contributed by atoms with E-state index in [1.807, 2.05) is 0 Å². The molecule has 1 heteroatoms. The average Bonchev–Trinajstić information content (AvgIpc) is 2.43. The van der Waals surface area contributed by atoms with E-state index in [4.69, 9.17) is 0 Å². The summed E-state index contributed by atoms with van der Waals surface area (Å²) in [7, 11) is 2.11. The lowest BCUT2D eigenvalue weighted by molar-refractivity contribution is 0.457. The van der Waals surface area contributed by atoms with Gasteiger partial charge in [0.2, 0.25) is 0 Å². The van der Waals surface area contributed by atoms with Gasteiger partial charge in [0.15, 0.2) is 0 Å². The minimum Gasteiger partial charge on any atom is -0.317 e. The number of rotatable bonds is 1. The van der Waals surface area contributed by atoms with Crippen molar-refractivity contribution in [3.63, 3.8) is 0 Å². The summed E-state index contributed by atoms with van der Waals surface area (Å²) in [6, 6.07) is 0.845. The van der Waals surface area contributed by atoms with E-state index in [-0.39, 0.29) is 0 Å². The molecule has 2 saturated carbocycles. The first-order chi connectivity index (χ1) is 5.29. The van der Waals surface area contributed by atoms with Crippen molar-refractivity contribution in [2.24, 2.45) is 17.8 Å². The third kappa shape index (κ3) is 1.31. The molecule has 1 N–H and O–H groups in total. The van der Waals surface area contributed by atoms with Crippen molar-refractivity contribution in [3.05, 3.63) is 0 Å². The van der Waals surface area contributed by atoms with Crippen LogP contribution in [0.3, 0.4) is 0 Å². The average molecular weight is 153 g/mol. The van der Waals surface area contributed by atoms with Crippen LogP contribution in [-0.4, -0.2) is 13.1 Å². The predicted molar refractivity (Wildman–Crippen MR) is 47.5 cm³/mol. The van der Waals surface area contributed by atoms with E-state index in [1.165, 1.54) is 25.7 Å². The zero-order valence-electron chi connectivity index (χ0n) is 7.64. The Balaban J connectivity index is 1.93. The molecule has 2 unspecified atom stereocenters. The monoisotopic (exact) mass is 153 g/mol. The molecule has 0 aliphatic heterocycles. The number of fused-ring (bicyclic) bond motifs is 1. The van der Waals surface area contributed by atoms with Crippen molar-refractivity contribution in [2.45, 2.75) is 38.6 Å². The Bertz CT molecular complexity index is 130. The largest absolute Gasteiger partial charge is 0.317 e. The summed E-state index contributed by atoms with van der Waals surface area (Å²) >= 11 is 0. The highest BCUT2D eigenvalue weighted by molar-refractivity contribution is 4.92. The lowest BCUT2D eigenvalue weighted by atomic mass is 10.0. The van der Waals surface area contributed by atoms with Crippen LogP contribution in [0.2, 0.25) is 0 Å². The van der Waals surface area contributed by atoms with Gasteiger partial charge in [0.05, 0.1) is 0 Å². The van der Waals surface area contributed by atoms with Gasteiger partial charge in [0, 0.05) is 6.04 Å². The van der Waals surface area contributed by atoms with Gasteiger partial charge in [-0.05, 0) is 50.5 Å². The lowest BCUT2D eigenvalue weighted by Gasteiger charge is -2.10. The highest BCUT2D eigenvalue weighted by Gasteiger charge is 2.39. The molecule has 0 amide bonds. The van der Waals surface area contributed by atoms with Crippen molar-refractivity contribution < 1.29 is 0 Å². The second kappa shape index (κ2) is 2.78. The molecule has 2 atom stereocenters. The SMILES string of the molecule is CNC1CC2CC(C)CC2C1. The second-order valence-corrected chi connectivity index (χ2v) is 4.55. The standard InChI is InChI=1S/C10H19N/c1-7-3-8-5-10(11-2)6-9(8)4-7/h7-11H,3-6H2,1-2H3. The van der Waals surface area contributed by atoms with Crippen LogP contribution < -0.4 is 5.32 Å². The smallest absolute Gasteiger partial charge is 0.00695 e. The molecular formula is C10H19N. The molecule has 2 aliphatic carbocycles. The highest BCUT2D eigenvalue weighted by atomic mass is 14.9. The van der Waals surface area contributed by atoms with Crippen LogP contribution in [0.1, 0.15) is 32.6 Å². The molecule has 11 heavy (non-hydrogen) atoms. The highest BCUT2D eigenvalue weighted by Crippen LogP contribution is 2.46. The maximum Gasteiger partial charge on any atom is 0.00695 e. The fraction of sp³-hybridized carbons (Fsp3) is 1.00. The summed E-state index contributed by atoms with van der Waals surface area (Å²) < 4.78 is 0. The maximum atomic E-state index is 3.41. The van der Waals surface area contributed by atoms with Gasteiger partial charge in [-0.3, -0.25) is 0 Å². The van der Waals surface area contributed by atoms with E-state index in [2.05, 4.69) is 19.3 Å². The van der Waals surface area contributed by atoms with E-state index < -0.39 is 0 Å². The van der Waals surface area contributed by atoms with Crippen molar-refractivity contribution in [1.29, 1.82) is 0 Å². The van der Waals surface area contributed by atoms with Crippen LogP contribution in [0.25, 0.3) is 0 Å². The molecule has 0 aromatic heterocycles. The Morgan fingerprint density at radius 1 is 1.00 bits per heavy atom. The van der Waals surface area contributed by atoms with Gasteiger partial charge in [0.1, 0.15) is 0 Å². The third-order valence-electron chi connectivity index (χ3n) is 3.66. The van der Waals surface area contributed by atoms with Crippen molar-refractivity contribution in [1.82, 2.24) is 5.32 Å². The third-order valence-corrected chi connectivity index (χ3v) is 3.66. The molecule has 2 fully saturated rings.